The Hall–Kier alpha value is -2.11. The molecule has 0 aliphatic heterocycles. The molecule has 1 amide bonds. The second-order valence-corrected chi connectivity index (χ2v) is 4.89. The zero-order chi connectivity index (χ0) is 14.6. The Morgan fingerprint density at radius 1 is 1.37 bits per heavy atom. The van der Waals surface area contributed by atoms with Gasteiger partial charge in [-0.25, -0.2) is 4.39 Å². The van der Waals surface area contributed by atoms with Crippen LogP contribution < -0.4 is 5.32 Å². The van der Waals surface area contributed by atoms with Crippen molar-refractivity contribution in [3.05, 3.63) is 29.6 Å². The lowest BCUT2D eigenvalue weighted by Gasteiger charge is -2.25. The Kier molecular flexibility index (Phi) is 4.47. The molecule has 1 aromatic carbocycles. The number of nitrogens with one attached hydrogen (secondary N) is 1. The number of hydrogen-bond acceptors (Lipinski definition) is 3. The number of benzene rings is 1. The van der Waals surface area contributed by atoms with Crippen molar-refractivity contribution >= 4 is 11.9 Å². The van der Waals surface area contributed by atoms with Gasteiger partial charge in [0, 0.05) is 12.0 Å². The molecule has 3 N–H and O–H groups in total. The van der Waals surface area contributed by atoms with Crippen molar-refractivity contribution in [3.63, 3.8) is 0 Å². The number of halogens is 1. The third-order valence-electron chi connectivity index (χ3n) is 2.62. The third-order valence-corrected chi connectivity index (χ3v) is 2.62. The fraction of sp³-hybridized carbons (Fsp3) is 0.385. The molecule has 0 saturated heterocycles. The van der Waals surface area contributed by atoms with Crippen LogP contribution in [-0.2, 0) is 4.79 Å². The van der Waals surface area contributed by atoms with Crippen LogP contribution in [0.2, 0.25) is 0 Å². The van der Waals surface area contributed by atoms with Gasteiger partial charge in [0.1, 0.15) is 11.6 Å². The molecule has 0 unspecified atom stereocenters. The van der Waals surface area contributed by atoms with E-state index in [1.165, 1.54) is 0 Å². The van der Waals surface area contributed by atoms with E-state index >= 15 is 0 Å². The van der Waals surface area contributed by atoms with Crippen LogP contribution in [0.5, 0.6) is 5.75 Å². The van der Waals surface area contributed by atoms with Crippen LogP contribution >= 0.6 is 0 Å². The molecule has 1 aromatic rings. The molecule has 0 radical (unpaired) electrons. The molecule has 104 valence electrons. The van der Waals surface area contributed by atoms with Crippen LogP contribution in [0.3, 0.4) is 0 Å². The summed E-state index contributed by atoms with van der Waals surface area (Å²) in [5.74, 6) is -2.57. The number of carbonyl (C=O) groups is 2. The van der Waals surface area contributed by atoms with Crippen molar-refractivity contribution in [1.29, 1.82) is 0 Å². The molecule has 0 aliphatic carbocycles. The van der Waals surface area contributed by atoms with Crippen molar-refractivity contribution in [1.82, 2.24) is 5.32 Å². The molecular formula is C13H16FNO4. The van der Waals surface area contributed by atoms with E-state index in [9.17, 15) is 19.1 Å². The largest absolute Gasteiger partial charge is 0.507 e. The zero-order valence-electron chi connectivity index (χ0n) is 10.7. The lowest BCUT2D eigenvalue weighted by molar-refractivity contribution is -0.137. The first-order chi connectivity index (χ1) is 8.71. The van der Waals surface area contributed by atoms with Crippen LogP contribution in [0.15, 0.2) is 18.2 Å². The van der Waals surface area contributed by atoms with E-state index in [0.717, 1.165) is 18.2 Å². The molecule has 0 atom stereocenters. The van der Waals surface area contributed by atoms with Gasteiger partial charge < -0.3 is 15.5 Å². The van der Waals surface area contributed by atoms with E-state index in [2.05, 4.69) is 5.32 Å². The zero-order valence-corrected chi connectivity index (χ0v) is 10.7. The summed E-state index contributed by atoms with van der Waals surface area (Å²) in [6, 6.07) is 3.06. The highest BCUT2D eigenvalue weighted by Gasteiger charge is 2.23. The van der Waals surface area contributed by atoms with Gasteiger partial charge in [0.15, 0.2) is 0 Å². The molecule has 0 heterocycles. The number of amides is 1. The predicted octanol–water partition coefficient (Wildman–Crippen LogP) is 1.90. The van der Waals surface area contributed by atoms with E-state index < -0.39 is 23.2 Å². The number of aromatic hydroxyl groups is 1. The maximum atomic E-state index is 13.0. The van der Waals surface area contributed by atoms with E-state index in [0.29, 0.717) is 0 Å². The average molecular weight is 269 g/mol. The minimum atomic E-state index is -0.962. The van der Waals surface area contributed by atoms with Crippen LogP contribution in [0.25, 0.3) is 0 Å². The SMILES string of the molecule is CC(C)(CCC(=O)O)NC(=O)c1cc(F)ccc1O. The summed E-state index contributed by atoms with van der Waals surface area (Å²) in [7, 11) is 0. The fourth-order valence-corrected chi connectivity index (χ4v) is 1.55. The van der Waals surface area contributed by atoms with Gasteiger partial charge in [-0.2, -0.15) is 0 Å². The average Bonchev–Trinajstić information content (AvgIpc) is 2.29. The summed E-state index contributed by atoms with van der Waals surface area (Å²) in [4.78, 5) is 22.4. The quantitative estimate of drug-likeness (QED) is 0.762. The molecule has 19 heavy (non-hydrogen) atoms. The first-order valence-corrected chi connectivity index (χ1v) is 5.74. The molecule has 0 aliphatic rings. The van der Waals surface area contributed by atoms with Crippen molar-refractivity contribution in [2.24, 2.45) is 0 Å². The highest BCUT2D eigenvalue weighted by Crippen LogP contribution is 2.20. The van der Waals surface area contributed by atoms with E-state index in [1.54, 1.807) is 13.8 Å². The van der Waals surface area contributed by atoms with Gasteiger partial charge in [-0.1, -0.05) is 0 Å². The summed E-state index contributed by atoms with van der Waals surface area (Å²) < 4.78 is 13.0. The number of rotatable bonds is 5. The fourth-order valence-electron chi connectivity index (χ4n) is 1.55. The molecule has 0 spiro atoms. The number of phenols is 1. The Labute approximate surface area is 110 Å². The molecule has 5 nitrogen and oxygen atoms in total. The van der Waals surface area contributed by atoms with Crippen molar-refractivity contribution in [3.8, 4) is 5.75 Å². The van der Waals surface area contributed by atoms with E-state index in [1.807, 2.05) is 0 Å². The summed E-state index contributed by atoms with van der Waals surface area (Å²) in [5, 5.41) is 20.7. The van der Waals surface area contributed by atoms with Crippen LogP contribution in [0.4, 0.5) is 4.39 Å². The van der Waals surface area contributed by atoms with Gasteiger partial charge in [-0.3, -0.25) is 9.59 Å². The first-order valence-electron chi connectivity index (χ1n) is 5.74. The summed E-state index contributed by atoms with van der Waals surface area (Å²) in [6.07, 6.45) is 0.132. The lowest BCUT2D eigenvalue weighted by atomic mass is 9.97. The number of aliphatic carboxylic acids is 1. The summed E-state index contributed by atoms with van der Waals surface area (Å²) in [5.41, 5.74) is -0.947. The van der Waals surface area contributed by atoms with Gasteiger partial charge in [0.2, 0.25) is 0 Å². The van der Waals surface area contributed by atoms with Gasteiger partial charge in [0.05, 0.1) is 5.56 Å². The molecule has 6 heteroatoms. The van der Waals surface area contributed by atoms with Crippen molar-refractivity contribution < 1.29 is 24.2 Å². The summed E-state index contributed by atoms with van der Waals surface area (Å²) >= 11 is 0. The molecule has 0 fully saturated rings. The topological polar surface area (TPSA) is 86.6 Å². The Morgan fingerprint density at radius 3 is 2.58 bits per heavy atom. The third kappa shape index (κ3) is 4.57. The Bertz CT molecular complexity index is 499. The van der Waals surface area contributed by atoms with Crippen LogP contribution in [0.1, 0.15) is 37.0 Å². The number of hydrogen-bond donors (Lipinski definition) is 3. The number of carboxylic acid groups (broad SMARTS) is 1. The van der Waals surface area contributed by atoms with Crippen LogP contribution in [-0.4, -0.2) is 27.6 Å². The van der Waals surface area contributed by atoms with E-state index in [-0.39, 0.29) is 24.2 Å². The van der Waals surface area contributed by atoms with Crippen LogP contribution in [0, 0.1) is 5.82 Å². The summed E-state index contributed by atoms with van der Waals surface area (Å²) in [6.45, 7) is 3.31. The van der Waals surface area contributed by atoms with Gasteiger partial charge >= 0.3 is 5.97 Å². The molecule has 0 saturated carbocycles. The minimum Gasteiger partial charge on any atom is -0.507 e. The van der Waals surface area contributed by atoms with Crippen molar-refractivity contribution in [2.75, 3.05) is 0 Å². The molecule has 0 aromatic heterocycles. The highest BCUT2D eigenvalue weighted by atomic mass is 19.1. The molecular weight excluding hydrogens is 253 g/mol. The predicted molar refractivity (Wildman–Crippen MR) is 66.5 cm³/mol. The monoisotopic (exact) mass is 269 g/mol. The Morgan fingerprint density at radius 2 is 2.00 bits per heavy atom. The van der Waals surface area contributed by atoms with Crippen molar-refractivity contribution in [2.45, 2.75) is 32.2 Å². The van der Waals surface area contributed by atoms with Gasteiger partial charge in [-0.15, -0.1) is 0 Å². The number of carbonyl (C=O) groups excluding carboxylic acids is 1. The normalized spacial score (nSPS) is 11.1. The highest BCUT2D eigenvalue weighted by molar-refractivity contribution is 5.97. The second-order valence-electron chi connectivity index (χ2n) is 4.89. The first kappa shape index (κ1) is 14.9. The minimum absolute atomic E-state index is 0.0948. The van der Waals surface area contributed by atoms with Gasteiger partial charge in [0.25, 0.3) is 5.91 Å². The lowest BCUT2D eigenvalue weighted by Crippen LogP contribution is -2.43. The Balaban J connectivity index is 2.78. The molecule has 1 rings (SSSR count). The number of phenolic OH excluding ortho intramolecular Hbond substituents is 1. The van der Waals surface area contributed by atoms with E-state index in [4.69, 9.17) is 5.11 Å². The molecule has 0 bridgehead atoms. The number of carboxylic acids is 1. The standard InChI is InChI=1S/C13H16FNO4/c1-13(2,6-5-11(17)18)15-12(19)9-7-8(14)3-4-10(9)16/h3-4,7,16H,5-6H2,1-2H3,(H,15,19)(H,17,18). The van der Waals surface area contributed by atoms with Gasteiger partial charge in [-0.05, 0) is 38.5 Å². The second kappa shape index (κ2) is 5.69. The maximum absolute atomic E-state index is 13.0. The smallest absolute Gasteiger partial charge is 0.303 e. The maximum Gasteiger partial charge on any atom is 0.303 e.